The Morgan fingerprint density at radius 1 is 1.00 bits per heavy atom. The number of halogens is 2. The molecule has 0 aromatic heterocycles. The van der Waals surface area contributed by atoms with Crippen molar-refractivity contribution in [2.45, 2.75) is 12.3 Å². The highest BCUT2D eigenvalue weighted by Gasteiger charge is 2.51. The fraction of sp³-hybridized carbons (Fsp3) is 0.136. The Hall–Kier alpha value is -3.41. The van der Waals surface area contributed by atoms with Crippen LogP contribution < -0.4 is 10.1 Å². The summed E-state index contributed by atoms with van der Waals surface area (Å²) in [6.07, 6.45) is 0. The summed E-state index contributed by atoms with van der Waals surface area (Å²) in [6.45, 7) is 1.76. The zero-order valence-corrected chi connectivity index (χ0v) is 15.2. The number of phenols is 1. The van der Waals surface area contributed by atoms with Gasteiger partial charge in [0, 0.05) is 5.56 Å². The number of rotatable bonds is 3. The first-order valence-electron chi connectivity index (χ1n) is 8.64. The molecule has 0 aliphatic carbocycles. The van der Waals surface area contributed by atoms with Crippen LogP contribution >= 0.6 is 0 Å². The molecule has 0 saturated heterocycles. The van der Waals surface area contributed by atoms with Crippen molar-refractivity contribution in [3.05, 3.63) is 88.5 Å². The Balaban J connectivity index is 2.09. The van der Waals surface area contributed by atoms with E-state index in [0.29, 0.717) is 28.0 Å². The van der Waals surface area contributed by atoms with Crippen molar-refractivity contribution >= 4 is 11.6 Å². The number of fused-ring (bicyclic) bond motifs is 1. The van der Waals surface area contributed by atoms with Gasteiger partial charge in [0.05, 0.1) is 12.8 Å². The molecule has 28 heavy (non-hydrogen) atoms. The van der Waals surface area contributed by atoms with E-state index in [-0.39, 0.29) is 11.4 Å². The molecular weight excluding hydrogens is 364 g/mol. The van der Waals surface area contributed by atoms with Crippen molar-refractivity contribution in [1.29, 1.82) is 0 Å². The van der Waals surface area contributed by atoms with E-state index in [4.69, 9.17) is 4.74 Å². The van der Waals surface area contributed by atoms with E-state index in [0.717, 1.165) is 6.07 Å². The van der Waals surface area contributed by atoms with Crippen molar-refractivity contribution in [2.75, 3.05) is 12.4 Å². The molecule has 4 rings (SSSR count). The molecule has 0 radical (unpaired) electrons. The first kappa shape index (κ1) is 18.0. The Labute approximate surface area is 160 Å². The molecule has 1 aliphatic rings. The maximum absolute atomic E-state index is 14.5. The number of ether oxygens (including phenoxy) is 1. The first-order valence-corrected chi connectivity index (χ1v) is 8.64. The SMILES string of the molecule is COc1ccc(C2(c3ccc(O)cc3C)C(=O)Nc3c2ccc(F)c3F)cc1. The third-order valence-electron chi connectivity index (χ3n) is 5.21. The van der Waals surface area contributed by atoms with Crippen LogP contribution in [0.3, 0.4) is 0 Å². The largest absolute Gasteiger partial charge is 0.508 e. The number of aromatic hydroxyl groups is 1. The highest BCUT2D eigenvalue weighted by atomic mass is 19.2. The first-order chi connectivity index (χ1) is 13.4. The fourth-order valence-electron chi connectivity index (χ4n) is 3.93. The van der Waals surface area contributed by atoms with E-state index in [9.17, 15) is 18.7 Å². The number of amides is 1. The predicted molar refractivity (Wildman–Crippen MR) is 101 cm³/mol. The molecule has 3 aromatic rings. The summed E-state index contributed by atoms with van der Waals surface area (Å²) in [4.78, 5) is 13.3. The molecule has 1 unspecified atom stereocenters. The Bertz CT molecular complexity index is 1100. The molecule has 0 bridgehead atoms. The summed E-state index contributed by atoms with van der Waals surface area (Å²) in [5.41, 5.74) is 0.530. The predicted octanol–water partition coefficient (Wildman–Crippen LogP) is 4.27. The second-order valence-corrected chi connectivity index (χ2v) is 6.72. The van der Waals surface area contributed by atoms with Crippen LogP contribution in [-0.2, 0) is 10.2 Å². The number of methoxy groups -OCH3 is 1. The summed E-state index contributed by atoms with van der Waals surface area (Å²) >= 11 is 0. The van der Waals surface area contributed by atoms with Gasteiger partial charge in [-0.25, -0.2) is 8.78 Å². The van der Waals surface area contributed by atoms with Crippen LogP contribution in [0.5, 0.6) is 11.5 Å². The van der Waals surface area contributed by atoms with E-state index in [2.05, 4.69) is 5.32 Å². The van der Waals surface area contributed by atoms with Crippen molar-refractivity contribution in [3.63, 3.8) is 0 Å². The van der Waals surface area contributed by atoms with Gasteiger partial charge >= 0.3 is 0 Å². The van der Waals surface area contributed by atoms with Gasteiger partial charge in [0.2, 0.25) is 5.91 Å². The van der Waals surface area contributed by atoms with Crippen LogP contribution in [0.1, 0.15) is 22.3 Å². The summed E-state index contributed by atoms with van der Waals surface area (Å²) in [5.74, 6) is -1.98. The molecule has 1 aliphatic heterocycles. The van der Waals surface area contributed by atoms with Gasteiger partial charge < -0.3 is 15.2 Å². The molecule has 1 heterocycles. The number of nitrogens with one attached hydrogen (secondary N) is 1. The van der Waals surface area contributed by atoms with Gasteiger partial charge in [-0.2, -0.15) is 0 Å². The van der Waals surface area contributed by atoms with Crippen LogP contribution in [0.25, 0.3) is 0 Å². The molecule has 3 aromatic carbocycles. The maximum Gasteiger partial charge on any atom is 0.244 e. The number of hydrogen-bond donors (Lipinski definition) is 2. The van der Waals surface area contributed by atoms with Crippen molar-refractivity contribution in [1.82, 2.24) is 0 Å². The molecule has 0 spiro atoms. The van der Waals surface area contributed by atoms with Crippen LogP contribution in [0, 0.1) is 18.6 Å². The smallest absolute Gasteiger partial charge is 0.244 e. The Morgan fingerprint density at radius 2 is 1.68 bits per heavy atom. The van der Waals surface area contributed by atoms with Crippen molar-refractivity contribution in [2.24, 2.45) is 0 Å². The summed E-state index contributed by atoms with van der Waals surface area (Å²) < 4.78 is 33.5. The number of hydrogen-bond acceptors (Lipinski definition) is 3. The number of carbonyl (C=O) groups is 1. The van der Waals surface area contributed by atoms with Crippen LogP contribution in [-0.4, -0.2) is 18.1 Å². The molecule has 2 N–H and O–H groups in total. The molecule has 1 atom stereocenters. The molecule has 0 saturated carbocycles. The quantitative estimate of drug-likeness (QED) is 0.712. The summed E-state index contributed by atoms with van der Waals surface area (Å²) in [7, 11) is 1.53. The monoisotopic (exact) mass is 381 g/mol. The number of benzene rings is 3. The third-order valence-corrected chi connectivity index (χ3v) is 5.21. The summed E-state index contributed by atoms with van der Waals surface area (Å²) in [6, 6.07) is 13.9. The lowest BCUT2D eigenvalue weighted by molar-refractivity contribution is -0.118. The van der Waals surface area contributed by atoms with Gasteiger partial charge in [0.15, 0.2) is 11.6 Å². The standard InChI is InChI=1S/C22H17F2NO3/c1-12-11-14(26)5-8-16(12)22(13-3-6-15(28-2)7-4-13)17-9-10-18(23)19(24)20(17)25-21(22)27/h3-11,26H,1-2H3,(H,25,27). The average molecular weight is 381 g/mol. The number of aryl methyl sites for hydroxylation is 1. The van der Waals surface area contributed by atoms with E-state index in [1.807, 2.05) is 0 Å². The highest BCUT2D eigenvalue weighted by molar-refractivity contribution is 6.11. The molecule has 0 fully saturated rings. The van der Waals surface area contributed by atoms with Crippen LogP contribution in [0.2, 0.25) is 0 Å². The average Bonchev–Trinajstić information content (AvgIpc) is 2.98. The summed E-state index contributed by atoms with van der Waals surface area (Å²) in [5, 5.41) is 12.3. The van der Waals surface area contributed by atoms with Gasteiger partial charge in [-0.3, -0.25) is 4.79 Å². The number of phenolic OH excluding ortho intramolecular Hbond substituents is 1. The third kappa shape index (κ3) is 2.37. The number of anilines is 1. The highest BCUT2D eigenvalue weighted by Crippen LogP contribution is 2.50. The fourth-order valence-corrected chi connectivity index (χ4v) is 3.93. The van der Waals surface area contributed by atoms with Crippen LogP contribution in [0.15, 0.2) is 54.6 Å². The van der Waals surface area contributed by atoms with Crippen LogP contribution in [0.4, 0.5) is 14.5 Å². The maximum atomic E-state index is 14.5. The number of carbonyl (C=O) groups excluding carboxylic acids is 1. The van der Waals surface area contributed by atoms with E-state index < -0.39 is 23.0 Å². The molecule has 4 nitrogen and oxygen atoms in total. The second-order valence-electron chi connectivity index (χ2n) is 6.72. The Kier molecular flexibility index (Phi) is 4.07. The minimum atomic E-state index is -1.39. The van der Waals surface area contributed by atoms with Gasteiger partial charge in [0.1, 0.15) is 16.9 Å². The van der Waals surface area contributed by atoms with Gasteiger partial charge in [0.25, 0.3) is 0 Å². The lowest BCUT2D eigenvalue weighted by Crippen LogP contribution is -2.37. The van der Waals surface area contributed by atoms with E-state index in [1.54, 1.807) is 37.3 Å². The zero-order valence-electron chi connectivity index (χ0n) is 15.2. The normalized spacial score (nSPS) is 17.9. The lowest BCUT2D eigenvalue weighted by atomic mass is 9.69. The lowest BCUT2D eigenvalue weighted by Gasteiger charge is -2.30. The molecule has 1 amide bonds. The Morgan fingerprint density at radius 3 is 2.32 bits per heavy atom. The van der Waals surface area contributed by atoms with E-state index >= 15 is 0 Å². The molecule has 142 valence electrons. The minimum absolute atomic E-state index is 0.0510. The van der Waals surface area contributed by atoms with Gasteiger partial charge in [-0.05, 0) is 53.9 Å². The topological polar surface area (TPSA) is 58.6 Å². The second kappa shape index (κ2) is 6.34. The van der Waals surface area contributed by atoms with Crippen molar-refractivity contribution in [3.8, 4) is 11.5 Å². The minimum Gasteiger partial charge on any atom is -0.508 e. The van der Waals surface area contributed by atoms with Gasteiger partial charge in [-0.1, -0.05) is 24.3 Å². The zero-order chi connectivity index (χ0) is 20.1. The van der Waals surface area contributed by atoms with Crippen molar-refractivity contribution < 1.29 is 23.4 Å². The molecular formula is C22H17F2NO3. The molecule has 6 heteroatoms. The van der Waals surface area contributed by atoms with Gasteiger partial charge in [-0.15, -0.1) is 0 Å². The van der Waals surface area contributed by atoms with E-state index in [1.165, 1.54) is 25.3 Å².